The van der Waals surface area contributed by atoms with Gasteiger partial charge in [0.1, 0.15) is 0 Å². The standard InChI is InChI=1S/C52H57NO/c1-48(2,3)38-25-39(49(4,5)6)44-45-40(53-41-24-33-37(23-34(41)43(38)46(44)53)51(9)14-11-15-52(51,10)47(33)54)13-12-35-42(45)32-21-30-28-17-26-16-27(18-28)20-29(19-26)31(30)22-36(32)50(35,7)8/h12-13,21-29H,11,14-20H2,1-10H3. The number of hydrogen-bond donors (Lipinski definition) is 0. The van der Waals surface area contributed by atoms with Crippen molar-refractivity contribution in [1.29, 1.82) is 0 Å². The topological polar surface area (TPSA) is 21.5 Å². The highest BCUT2D eigenvalue weighted by Crippen LogP contribution is 2.64. The Morgan fingerprint density at radius 1 is 0.611 bits per heavy atom. The van der Waals surface area contributed by atoms with Crippen molar-refractivity contribution < 1.29 is 4.79 Å². The van der Waals surface area contributed by atoms with Crippen LogP contribution in [0.15, 0.2) is 42.5 Å². The summed E-state index contributed by atoms with van der Waals surface area (Å²) in [6.07, 6.45) is 10.3. The number of benzene rings is 4. The number of carbonyl (C=O) groups excluding carboxylic acids is 1. The molecular weight excluding hydrogens is 655 g/mol. The van der Waals surface area contributed by atoms with Gasteiger partial charge >= 0.3 is 0 Å². The molecule has 13 rings (SSSR count). The van der Waals surface area contributed by atoms with Crippen molar-refractivity contribution in [2.45, 2.75) is 154 Å². The van der Waals surface area contributed by atoms with Crippen molar-refractivity contribution in [2.75, 3.05) is 0 Å². The molecule has 3 saturated carbocycles. The fourth-order valence-electron chi connectivity index (χ4n) is 14.4. The highest BCUT2D eigenvalue weighted by atomic mass is 16.1. The maximum atomic E-state index is 14.5. The van der Waals surface area contributed by atoms with E-state index in [2.05, 4.69) is 116 Å². The van der Waals surface area contributed by atoms with Crippen LogP contribution < -0.4 is 0 Å². The van der Waals surface area contributed by atoms with E-state index < -0.39 is 0 Å². The fourth-order valence-corrected chi connectivity index (χ4v) is 14.4. The van der Waals surface area contributed by atoms with Crippen LogP contribution in [-0.2, 0) is 21.7 Å². The largest absolute Gasteiger partial charge is 0.308 e. The molecule has 0 radical (unpaired) electrons. The Bertz CT molecular complexity index is 2720. The summed E-state index contributed by atoms with van der Waals surface area (Å²) in [4.78, 5) is 14.5. The minimum atomic E-state index is -0.308. The molecule has 0 spiro atoms. The van der Waals surface area contributed by atoms with Crippen molar-refractivity contribution in [3.63, 3.8) is 0 Å². The van der Waals surface area contributed by atoms with E-state index in [4.69, 9.17) is 0 Å². The second-order valence-electron chi connectivity index (χ2n) is 22.5. The maximum absolute atomic E-state index is 14.5. The lowest BCUT2D eigenvalue weighted by molar-refractivity contribution is 0.0773. The number of carbonyl (C=O) groups is 1. The molecule has 4 atom stereocenters. The van der Waals surface area contributed by atoms with Crippen LogP contribution in [0.25, 0.3) is 49.2 Å². The normalized spacial score (nSPS) is 30.5. The molecule has 0 amide bonds. The van der Waals surface area contributed by atoms with E-state index in [0.29, 0.717) is 11.7 Å². The van der Waals surface area contributed by atoms with Gasteiger partial charge in [-0.1, -0.05) is 99.9 Å². The molecular formula is C52H57NO. The first-order valence-electron chi connectivity index (χ1n) is 21.5. The van der Waals surface area contributed by atoms with Gasteiger partial charge < -0.3 is 4.40 Å². The van der Waals surface area contributed by atoms with Crippen LogP contribution in [-0.4, -0.2) is 10.2 Å². The lowest BCUT2D eigenvalue weighted by Gasteiger charge is -2.38. The molecule has 4 bridgehead atoms. The van der Waals surface area contributed by atoms with Gasteiger partial charge in [0, 0.05) is 43.4 Å². The molecule has 2 heteroatoms. The van der Waals surface area contributed by atoms with Crippen LogP contribution in [0.5, 0.6) is 0 Å². The fraction of sp³-hybridized carbons (Fsp3) is 0.519. The third kappa shape index (κ3) is 3.57. The van der Waals surface area contributed by atoms with Crippen LogP contribution in [0.1, 0.15) is 182 Å². The molecule has 0 saturated heterocycles. The van der Waals surface area contributed by atoms with Crippen LogP contribution in [0.3, 0.4) is 0 Å². The maximum Gasteiger partial charge on any atom is 0.169 e. The minimum absolute atomic E-state index is 0.0559. The quantitative estimate of drug-likeness (QED) is 0.154. The Kier molecular flexibility index (Phi) is 5.72. The first-order valence-corrected chi connectivity index (χ1v) is 21.5. The summed E-state index contributed by atoms with van der Waals surface area (Å²) in [5, 5.41) is 5.62. The highest BCUT2D eigenvalue weighted by molar-refractivity contribution is 6.29. The summed E-state index contributed by atoms with van der Waals surface area (Å²) >= 11 is 0. The summed E-state index contributed by atoms with van der Waals surface area (Å²) in [7, 11) is 0. The number of nitrogens with zero attached hydrogens (tertiary/aromatic N) is 1. The molecule has 7 aliphatic carbocycles. The smallest absolute Gasteiger partial charge is 0.169 e. The summed E-state index contributed by atoms with van der Waals surface area (Å²) in [5.41, 5.74) is 17.9. The number of hydrogen-bond acceptors (Lipinski definition) is 1. The van der Waals surface area contributed by atoms with Gasteiger partial charge in [0.2, 0.25) is 0 Å². The Morgan fingerprint density at radius 2 is 1.24 bits per heavy atom. The second kappa shape index (κ2) is 9.47. The van der Waals surface area contributed by atoms with Crippen molar-refractivity contribution in [3.05, 3.63) is 87.0 Å². The van der Waals surface area contributed by atoms with Crippen molar-refractivity contribution in [3.8, 4) is 11.1 Å². The minimum Gasteiger partial charge on any atom is -0.308 e. The van der Waals surface area contributed by atoms with E-state index in [9.17, 15) is 4.79 Å². The van der Waals surface area contributed by atoms with Crippen molar-refractivity contribution >= 4 is 43.9 Å². The lowest BCUT2D eigenvalue weighted by Crippen LogP contribution is -2.35. The first kappa shape index (κ1) is 32.6. The van der Waals surface area contributed by atoms with Gasteiger partial charge in [-0.05, 0) is 148 Å². The van der Waals surface area contributed by atoms with Gasteiger partial charge in [-0.2, -0.15) is 0 Å². The lowest BCUT2D eigenvalue weighted by atomic mass is 9.67. The zero-order valence-electron chi connectivity index (χ0n) is 34.4. The molecule has 2 nitrogen and oxygen atoms in total. The average molecular weight is 712 g/mol. The van der Waals surface area contributed by atoms with E-state index >= 15 is 0 Å². The SMILES string of the molecule is CC(C)(C)c1cc(C(C)(C)C)c2c3c4c(ccc3n3c5cc6c(cc5c1c23)C1(C)CCCC1(C)C6=O)C(C)(C)c1cc2c(cc1-4)C1CC3CC(C1)CC2C3. The summed E-state index contributed by atoms with van der Waals surface area (Å²) in [6.45, 7) is 24.1. The predicted octanol–water partition coefficient (Wildman–Crippen LogP) is 13.8. The number of aromatic nitrogens is 1. The summed E-state index contributed by atoms with van der Waals surface area (Å²) in [6, 6.07) is 17.9. The Labute approximate surface area is 321 Å². The summed E-state index contributed by atoms with van der Waals surface area (Å²) in [5.74, 6) is 3.66. The van der Waals surface area contributed by atoms with Crippen LogP contribution in [0.4, 0.5) is 0 Å². The van der Waals surface area contributed by atoms with E-state index in [-0.39, 0.29) is 27.1 Å². The Morgan fingerprint density at radius 3 is 1.91 bits per heavy atom. The number of Topliss-reactive ketones (excluding diaryl/α,β-unsaturated/α-hetero) is 1. The van der Waals surface area contributed by atoms with E-state index in [1.54, 1.807) is 16.7 Å². The molecule has 0 N–H and O–H groups in total. The van der Waals surface area contributed by atoms with Gasteiger partial charge in [-0.25, -0.2) is 0 Å². The molecule has 4 aromatic carbocycles. The molecule has 4 unspecified atom stereocenters. The van der Waals surface area contributed by atoms with Gasteiger partial charge in [0.25, 0.3) is 0 Å². The van der Waals surface area contributed by atoms with Crippen LogP contribution in [0, 0.1) is 17.3 Å². The molecule has 2 heterocycles. The molecule has 3 fully saturated rings. The molecule has 6 aromatic rings. The zero-order valence-corrected chi connectivity index (χ0v) is 34.4. The van der Waals surface area contributed by atoms with Crippen molar-refractivity contribution in [1.82, 2.24) is 4.40 Å². The van der Waals surface area contributed by atoms with Crippen LogP contribution >= 0.6 is 0 Å². The third-order valence-corrected chi connectivity index (χ3v) is 17.2. The molecule has 7 aliphatic rings. The van der Waals surface area contributed by atoms with Crippen molar-refractivity contribution in [2.24, 2.45) is 17.3 Å². The molecule has 276 valence electrons. The Hall–Kier alpha value is -3.65. The van der Waals surface area contributed by atoms with Crippen LogP contribution in [0.2, 0.25) is 0 Å². The molecule has 2 aromatic heterocycles. The summed E-state index contributed by atoms with van der Waals surface area (Å²) < 4.78 is 2.63. The van der Waals surface area contributed by atoms with Gasteiger partial charge in [-0.3, -0.25) is 4.79 Å². The number of ketones is 1. The second-order valence-corrected chi connectivity index (χ2v) is 22.5. The van der Waals surface area contributed by atoms with Gasteiger partial charge in [-0.15, -0.1) is 0 Å². The zero-order chi connectivity index (χ0) is 37.4. The van der Waals surface area contributed by atoms with E-state index in [1.807, 2.05) is 0 Å². The average Bonchev–Trinajstić information content (AvgIpc) is 3.79. The third-order valence-electron chi connectivity index (χ3n) is 17.2. The van der Waals surface area contributed by atoms with E-state index in [0.717, 1.165) is 42.6 Å². The van der Waals surface area contributed by atoms with E-state index in [1.165, 1.54) is 104 Å². The monoisotopic (exact) mass is 711 g/mol. The predicted molar refractivity (Wildman–Crippen MR) is 225 cm³/mol. The van der Waals surface area contributed by atoms with Gasteiger partial charge in [0.15, 0.2) is 5.78 Å². The molecule has 54 heavy (non-hydrogen) atoms. The highest BCUT2D eigenvalue weighted by Gasteiger charge is 2.60. The Balaban J connectivity index is 1.25. The molecule has 0 aliphatic heterocycles. The van der Waals surface area contributed by atoms with Gasteiger partial charge in [0.05, 0.1) is 16.6 Å². The number of fused-ring (bicyclic) bond motifs is 13. The number of rotatable bonds is 0. The first-order chi connectivity index (χ1) is 25.4.